The maximum absolute atomic E-state index is 10.3. The van der Waals surface area contributed by atoms with E-state index >= 15 is 0 Å². The van der Waals surface area contributed by atoms with Gasteiger partial charge in [0.05, 0.1) is 5.71 Å². The van der Waals surface area contributed by atoms with Gasteiger partial charge >= 0.3 is 0 Å². The highest BCUT2D eigenvalue weighted by Crippen LogP contribution is 2.36. The lowest BCUT2D eigenvalue weighted by molar-refractivity contribution is 0.120. The molecule has 0 aromatic heterocycles. The highest BCUT2D eigenvalue weighted by Gasteiger charge is 2.37. The third kappa shape index (κ3) is 2.01. The van der Waals surface area contributed by atoms with Crippen LogP contribution in [0.4, 0.5) is 0 Å². The summed E-state index contributed by atoms with van der Waals surface area (Å²) in [5, 5.41) is 19.0. The molecule has 0 amide bonds. The zero-order valence-electron chi connectivity index (χ0n) is 8.72. The van der Waals surface area contributed by atoms with Crippen LogP contribution in [0.1, 0.15) is 38.5 Å². The molecule has 0 saturated heterocycles. The molecule has 0 aliphatic heterocycles. The van der Waals surface area contributed by atoms with E-state index < -0.39 is 5.60 Å². The van der Waals surface area contributed by atoms with Crippen LogP contribution in [0.3, 0.4) is 0 Å². The molecule has 0 spiro atoms. The molecule has 0 aromatic carbocycles. The SMILES string of the molecule is N=C(C1=CCCC=C1Cl)C1(O)CCCC1. The molecular weight excluding hydrogens is 210 g/mol. The minimum absolute atomic E-state index is 0.320. The number of aliphatic hydroxyl groups is 1. The van der Waals surface area contributed by atoms with Gasteiger partial charge in [0.25, 0.3) is 0 Å². The highest BCUT2D eigenvalue weighted by molar-refractivity contribution is 6.36. The number of halogens is 1. The Hall–Kier alpha value is -0.600. The van der Waals surface area contributed by atoms with Crippen LogP contribution in [0.15, 0.2) is 22.8 Å². The number of hydrogen-bond donors (Lipinski definition) is 2. The second-order valence-electron chi connectivity index (χ2n) is 4.36. The Labute approximate surface area is 95.1 Å². The summed E-state index contributed by atoms with van der Waals surface area (Å²) in [6.07, 6.45) is 9.18. The van der Waals surface area contributed by atoms with Crippen molar-refractivity contribution in [3.05, 3.63) is 22.8 Å². The summed E-state index contributed by atoms with van der Waals surface area (Å²) in [4.78, 5) is 0. The summed E-state index contributed by atoms with van der Waals surface area (Å²) in [6, 6.07) is 0. The first kappa shape index (κ1) is 10.9. The molecule has 2 aliphatic rings. The Morgan fingerprint density at radius 3 is 2.47 bits per heavy atom. The molecule has 2 N–H and O–H groups in total. The third-order valence-electron chi connectivity index (χ3n) is 3.26. The minimum atomic E-state index is -0.919. The van der Waals surface area contributed by atoms with Gasteiger partial charge in [-0.1, -0.05) is 36.6 Å². The molecule has 2 rings (SSSR count). The summed E-state index contributed by atoms with van der Waals surface area (Å²) >= 11 is 6.06. The van der Waals surface area contributed by atoms with E-state index in [1.807, 2.05) is 12.2 Å². The number of allylic oxidation sites excluding steroid dienone is 3. The zero-order valence-corrected chi connectivity index (χ0v) is 9.48. The standard InChI is InChI=1S/C12H16ClNO/c13-10-6-2-1-5-9(10)11(14)12(15)7-3-4-8-12/h5-6,14-15H,1-4,7-8H2. The number of hydrogen-bond acceptors (Lipinski definition) is 2. The van der Waals surface area contributed by atoms with Gasteiger partial charge in [-0.3, -0.25) is 0 Å². The van der Waals surface area contributed by atoms with Crippen LogP contribution in [-0.4, -0.2) is 16.4 Å². The predicted octanol–water partition coefficient (Wildman–Crippen LogP) is 3.15. The van der Waals surface area contributed by atoms with Crippen LogP contribution in [0.25, 0.3) is 0 Å². The molecule has 0 aromatic rings. The van der Waals surface area contributed by atoms with Crippen molar-refractivity contribution in [2.45, 2.75) is 44.1 Å². The number of rotatable bonds is 2. The summed E-state index contributed by atoms with van der Waals surface area (Å²) in [5.41, 5.74) is 0.144. The summed E-state index contributed by atoms with van der Waals surface area (Å²) in [5.74, 6) is 0. The molecule has 3 heteroatoms. The lowest BCUT2D eigenvalue weighted by Crippen LogP contribution is -2.36. The van der Waals surface area contributed by atoms with Gasteiger partial charge in [-0.25, -0.2) is 0 Å². The molecular formula is C12H16ClNO. The van der Waals surface area contributed by atoms with Crippen LogP contribution in [-0.2, 0) is 0 Å². The maximum atomic E-state index is 10.3. The Morgan fingerprint density at radius 2 is 1.87 bits per heavy atom. The first-order chi connectivity index (χ1) is 7.13. The van der Waals surface area contributed by atoms with Crippen molar-refractivity contribution < 1.29 is 5.11 Å². The van der Waals surface area contributed by atoms with E-state index in [9.17, 15) is 5.11 Å². The smallest absolute Gasteiger partial charge is 0.106 e. The summed E-state index contributed by atoms with van der Waals surface area (Å²) < 4.78 is 0. The largest absolute Gasteiger partial charge is 0.384 e. The second kappa shape index (κ2) is 4.11. The fraction of sp³-hybridized carbons (Fsp3) is 0.583. The van der Waals surface area contributed by atoms with E-state index in [1.165, 1.54) is 0 Å². The highest BCUT2D eigenvalue weighted by atomic mass is 35.5. The molecule has 15 heavy (non-hydrogen) atoms. The van der Waals surface area contributed by atoms with Crippen LogP contribution < -0.4 is 0 Å². The van der Waals surface area contributed by atoms with Crippen LogP contribution in [0.5, 0.6) is 0 Å². The van der Waals surface area contributed by atoms with Gasteiger partial charge in [0.2, 0.25) is 0 Å². The molecule has 1 saturated carbocycles. The average Bonchev–Trinajstić information content (AvgIpc) is 2.66. The molecule has 82 valence electrons. The molecule has 0 radical (unpaired) electrons. The van der Waals surface area contributed by atoms with Gasteiger partial charge in [0.15, 0.2) is 0 Å². The normalized spacial score (nSPS) is 24.7. The van der Waals surface area contributed by atoms with Crippen molar-refractivity contribution >= 4 is 17.3 Å². The van der Waals surface area contributed by atoms with E-state index in [0.717, 1.165) is 31.3 Å². The van der Waals surface area contributed by atoms with Gasteiger partial charge in [-0.15, -0.1) is 0 Å². The Kier molecular flexibility index (Phi) is 2.98. The van der Waals surface area contributed by atoms with Gasteiger partial charge in [0, 0.05) is 10.6 Å². The van der Waals surface area contributed by atoms with Crippen molar-refractivity contribution in [3.63, 3.8) is 0 Å². The second-order valence-corrected chi connectivity index (χ2v) is 4.77. The van der Waals surface area contributed by atoms with E-state index in [4.69, 9.17) is 17.0 Å². The first-order valence-electron chi connectivity index (χ1n) is 5.51. The summed E-state index contributed by atoms with van der Waals surface area (Å²) in [6.45, 7) is 0. The van der Waals surface area contributed by atoms with Crippen LogP contribution >= 0.6 is 11.6 Å². The molecule has 0 atom stereocenters. The van der Waals surface area contributed by atoms with E-state index in [0.29, 0.717) is 23.6 Å². The zero-order chi connectivity index (χ0) is 10.9. The molecule has 0 heterocycles. The lowest BCUT2D eigenvalue weighted by Gasteiger charge is -2.26. The lowest BCUT2D eigenvalue weighted by atomic mass is 9.88. The van der Waals surface area contributed by atoms with Crippen molar-refractivity contribution in [1.82, 2.24) is 0 Å². The van der Waals surface area contributed by atoms with Crippen LogP contribution in [0, 0.1) is 5.41 Å². The molecule has 0 unspecified atom stereocenters. The monoisotopic (exact) mass is 225 g/mol. The summed E-state index contributed by atoms with van der Waals surface area (Å²) in [7, 11) is 0. The van der Waals surface area contributed by atoms with Gasteiger partial charge in [0.1, 0.15) is 5.60 Å². The minimum Gasteiger partial charge on any atom is -0.384 e. The maximum Gasteiger partial charge on any atom is 0.106 e. The van der Waals surface area contributed by atoms with Gasteiger partial charge in [-0.2, -0.15) is 0 Å². The van der Waals surface area contributed by atoms with Crippen molar-refractivity contribution in [2.24, 2.45) is 0 Å². The number of nitrogens with one attached hydrogen (secondary N) is 1. The Morgan fingerprint density at radius 1 is 1.27 bits per heavy atom. The van der Waals surface area contributed by atoms with Crippen molar-refractivity contribution in [3.8, 4) is 0 Å². The Balaban J connectivity index is 2.20. The van der Waals surface area contributed by atoms with Crippen molar-refractivity contribution in [2.75, 3.05) is 0 Å². The topological polar surface area (TPSA) is 44.1 Å². The first-order valence-corrected chi connectivity index (χ1v) is 5.89. The van der Waals surface area contributed by atoms with E-state index in [-0.39, 0.29) is 0 Å². The van der Waals surface area contributed by atoms with E-state index in [1.54, 1.807) is 0 Å². The van der Waals surface area contributed by atoms with Gasteiger partial charge in [-0.05, 0) is 25.7 Å². The molecule has 2 aliphatic carbocycles. The van der Waals surface area contributed by atoms with E-state index in [2.05, 4.69) is 0 Å². The quantitative estimate of drug-likeness (QED) is 0.697. The average molecular weight is 226 g/mol. The third-order valence-corrected chi connectivity index (χ3v) is 3.62. The predicted molar refractivity (Wildman–Crippen MR) is 62.4 cm³/mol. The molecule has 1 fully saturated rings. The Bertz CT molecular complexity index is 338. The van der Waals surface area contributed by atoms with Crippen molar-refractivity contribution in [1.29, 1.82) is 5.41 Å². The van der Waals surface area contributed by atoms with Gasteiger partial charge < -0.3 is 10.5 Å². The molecule has 2 nitrogen and oxygen atoms in total. The fourth-order valence-electron chi connectivity index (χ4n) is 2.33. The van der Waals surface area contributed by atoms with Crippen LogP contribution in [0.2, 0.25) is 0 Å². The molecule has 0 bridgehead atoms. The fourth-order valence-corrected chi connectivity index (χ4v) is 2.61.